The minimum atomic E-state index is -0.758. The van der Waals surface area contributed by atoms with Gasteiger partial charge in [-0.05, 0) is 30.5 Å². The Morgan fingerprint density at radius 2 is 2.19 bits per heavy atom. The molecule has 3 N–H and O–H groups in total. The number of allylic oxidation sites excluding steroid dienone is 1. The van der Waals surface area contributed by atoms with Gasteiger partial charge in [0.05, 0.1) is 25.0 Å². The first kappa shape index (κ1) is 18.4. The maximum absolute atomic E-state index is 13.7. The molecule has 1 aliphatic heterocycles. The van der Waals surface area contributed by atoms with Crippen molar-refractivity contribution in [2.75, 3.05) is 13.2 Å². The van der Waals surface area contributed by atoms with Crippen LogP contribution >= 0.6 is 0 Å². The first-order valence-electron chi connectivity index (χ1n) is 8.07. The number of nitrogens with one attached hydrogen (secondary N) is 1. The lowest BCUT2D eigenvalue weighted by Gasteiger charge is -2.12. The molecule has 0 unspecified atom stereocenters. The van der Waals surface area contributed by atoms with Crippen LogP contribution in [0.25, 0.3) is 0 Å². The van der Waals surface area contributed by atoms with Gasteiger partial charge in [0.2, 0.25) is 5.78 Å². The second-order valence-corrected chi connectivity index (χ2v) is 5.69. The molecule has 3 rings (SSSR count). The predicted octanol–water partition coefficient (Wildman–Crippen LogP) is 1.32. The number of carbonyl (C=O) groups excluding carboxylic acids is 1. The van der Waals surface area contributed by atoms with Gasteiger partial charge in [0.1, 0.15) is 11.5 Å². The van der Waals surface area contributed by atoms with E-state index in [0.29, 0.717) is 24.5 Å². The number of aromatic nitrogens is 2. The summed E-state index contributed by atoms with van der Waals surface area (Å²) >= 11 is 0. The summed E-state index contributed by atoms with van der Waals surface area (Å²) < 4.78 is 26.0. The molecule has 0 amide bonds. The van der Waals surface area contributed by atoms with E-state index in [9.17, 15) is 9.18 Å². The van der Waals surface area contributed by atoms with Gasteiger partial charge in [-0.25, -0.2) is 9.38 Å². The molecule has 0 radical (unpaired) electrons. The van der Waals surface area contributed by atoms with E-state index in [-0.39, 0.29) is 17.1 Å². The van der Waals surface area contributed by atoms with Crippen LogP contribution in [0.4, 0.5) is 10.1 Å². The van der Waals surface area contributed by atoms with Gasteiger partial charge >= 0.3 is 5.69 Å². The van der Waals surface area contributed by atoms with E-state index in [1.807, 2.05) is 6.07 Å². The zero-order chi connectivity index (χ0) is 19.4. The van der Waals surface area contributed by atoms with Crippen LogP contribution in [0.5, 0.6) is 0 Å². The van der Waals surface area contributed by atoms with Crippen molar-refractivity contribution in [3.8, 4) is 6.07 Å². The second-order valence-electron chi connectivity index (χ2n) is 5.69. The number of rotatable bonds is 5. The fourth-order valence-corrected chi connectivity index (χ4v) is 2.61. The van der Waals surface area contributed by atoms with Crippen LogP contribution < -0.4 is 10.4 Å². The number of carbonyl (C=O) groups is 1. The molecule has 1 saturated heterocycles. The minimum Gasteiger partial charge on any atom is -0.405 e. The standard InChI is InChI=1S/C18H16FN5O3/c1-24-12(10-21)9-16(23-24)17(25)15(4-5-20)22-14-3-2-11(19)8-13(14)18-26-6-7-27-18/h2-5,8-9,18H,6-7H2,1H3,(H2,20,22)/p+1. The van der Waals surface area contributed by atoms with Gasteiger partial charge in [-0.15, -0.1) is 4.68 Å². The van der Waals surface area contributed by atoms with Gasteiger partial charge in [0, 0.05) is 5.56 Å². The molecular formula is C18H17FN5O3+. The number of nitriles is 1. The van der Waals surface area contributed by atoms with Gasteiger partial charge in [0.15, 0.2) is 25.1 Å². The van der Waals surface area contributed by atoms with E-state index in [2.05, 4.69) is 10.1 Å². The van der Waals surface area contributed by atoms with E-state index in [4.69, 9.17) is 20.5 Å². The largest absolute Gasteiger partial charge is 0.405 e. The highest BCUT2D eigenvalue weighted by Gasteiger charge is 2.24. The summed E-state index contributed by atoms with van der Waals surface area (Å²) in [7, 11) is 1.61. The first-order chi connectivity index (χ1) is 13.0. The maximum atomic E-state index is 13.7. The summed E-state index contributed by atoms with van der Waals surface area (Å²) in [4.78, 5) is 17.1. The Hall–Kier alpha value is -3.35. The molecular weight excluding hydrogens is 353 g/mol. The Bertz CT molecular complexity index is 968. The monoisotopic (exact) mass is 370 g/mol. The smallest absolute Gasteiger partial charge is 0.308 e. The Kier molecular flexibility index (Phi) is 5.40. The normalized spacial score (nSPS) is 15.4. The van der Waals surface area contributed by atoms with Gasteiger partial charge in [-0.2, -0.15) is 10.4 Å². The molecule has 2 heterocycles. The van der Waals surface area contributed by atoms with E-state index in [1.54, 1.807) is 7.05 Å². The summed E-state index contributed by atoms with van der Waals surface area (Å²) in [6.45, 7) is 0.767. The number of nitrogens with zero attached hydrogens (tertiary/aromatic N) is 3. The van der Waals surface area contributed by atoms with Gasteiger partial charge in [-0.3, -0.25) is 4.79 Å². The molecule has 1 aromatic heterocycles. The van der Waals surface area contributed by atoms with E-state index in [1.165, 1.54) is 41.2 Å². The van der Waals surface area contributed by atoms with Crippen LogP contribution in [0.3, 0.4) is 0 Å². The Morgan fingerprint density at radius 1 is 1.44 bits per heavy atom. The number of nitrogens with two attached hydrogens (primary N) is 1. The fraction of sp³-hybridized carbons (Fsp3) is 0.222. The molecule has 138 valence electrons. The van der Waals surface area contributed by atoms with Crippen LogP contribution in [0.1, 0.15) is 28.0 Å². The first-order valence-corrected chi connectivity index (χ1v) is 8.07. The Balaban J connectivity index is 2.03. The van der Waals surface area contributed by atoms with E-state index < -0.39 is 17.9 Å². The minimum absolute atomic E-state index is 0.00898. The van der Waals surface area contributed by atoms with E-state index in [0.717, 1.165) is 0 Å². The average molecular weight is 370 g/mol. The molecule has 0 atom stereocenters. The van der Waals surface area contributed by atoms with Crippen molar-refractivity contribution in [2.24, 2.45) is 17.8 Å². The molecule has 1 aliphatic rings. The van der Waals surface area contributed by atoms with Gasteiger partial charge < -0.3 is 15.2 Å². The number of hydrogen-bond acceptors (Lipinski definition) is 6. The Labute approximate surface area is 154 Å². The fourth-order valence-electron chi connectivity index (χ4n) is 2.61. The van der Waals surface area contributed by atoms with Crippen LogP contribution in [0, 0.1) is 17.1 Å². The molecule has 27 heavy (non-hydrogen) atoms. The number of hydrogen-bond donors (Lipinski definition) is 2. The van der Waals surface area contributed by atoms with Crippen LogP contribution in [0.15, 0.2) is 41.5 Å². The third kappa shape index (κ3) is 3.92. The van der Waals surface area contributed by atoms with Crippen molar-refractivity contribution in [3.05, 3.63) is 59.3 Å². The van der Waals surface area contributed by atoms with Crippen LogP contribution in [-0.4, -0.2) is 29.8 Å². The molecule has 1 fully saturated rings. The molecule has 0 spiro atoms. The molecule has 2 aromatic rings. The number of halogens is 1. The third-order valence-electron chi connectivity index (χ3n) is 3.88. The molecule has 0 aliphatic carbocycles. The van der Waals surface area contributed by atoms with Gasteiger partial charge in [-0.1, -0.05) is 0 Å². The number of aryl methyl sites for hydroxylation is 1. The number of benzene rings is 1. The lowest BCUT2D eigenvalue weighted by molar-refractivity contribution is -0.729. The summed E-state index contributed by atoms with van der Waals surface area (Å²) in [5.41, 5.74) is 6.61. The lowest BCUT2D eigenvalue weighted by atomic mass is 10.1. The molecule has 1 aromatic carbocycles. The number of ketones is 1. The zero-order valence-corrected chi connectivity index (χ0v) is 14.5. The van der Waals surface area contributed by atoms with Crippen molar-refractivity contribution in [2.45, 2.75) is 6.29 Å². The summed E-state index contributed by atoms with van der Waals surface area (Å²) in [6.07, 6.45) is 1.75. The summed E-state index contributed by atoms with van der Waals surface area (Å²) in [6, 6.07) is 7.30. The van der Waals surface area contributed by atoms with Crippen molar-refractivity contribution in [1.82, 2.24) is 5.10 Å². The van der Waals surface area contributed by atoms with E-state index >= 15 is 0 Å². The maximum Gasteiger partial charge on any atom is 0.308 e. The zero-order valence-electron chi connectivity index (χ0n) is 14.5. The quantitative estimate of drug-likeness (QED) is 0.468. The highest BCUT2D eigenvalue weighted by atomic mass is 19.1. The number of aliphatic imine (C=N–C) groups is 1. The summed E-state index contributed by atoms with van der Waals surface area (Å²) in [5.74, 6) is -0.947. The SMILES string of the molecule is C[n+]1[nH]c(C(=O)C(C=CN)=Nc2ccc(F)cc2C2OCCO2)cc1C#N. The van der Waals surface area contributed by atoms with Gasteiger partial charge in [0.25, 0.3) is 0 Å². The predicted molar refractivity (Wildman–Crippen MR) is 92.5 cm³/mol. The van der Waals surface area contributed by atoms with Crippen molar-refractivity contribution < 1.29 is 23.3 Å². The topological polar surface area (TPSA) is 117 Å². The number of ether oxygens (including phenoxy) is 2. The highest BCUT2D eigenvalue weighted by molar-refractivity contribution is 6.49. The molecule has 0 bridgehead atoms. The van der Waals surface area contributed by atoms with Crippen molar-refractivity contribution in [1.29, 1.82) is 5.26 Å². The number of Topliss-reactive ketones (excluding diaryl/α,β-unsaturated/α-hetero) is 1. The average Bonchev–Trinajstić information content (AvgIpc) is 3.31. The molecule has 9 heteroatoms. The van der Waals surface area contributed by atoms with Crippen molar-refractivity contribution >= 4 is 17.2 Å². The molecule has 8 nitrogen and oxygen atoms in total. The number of H-pyrrole nitrogens is 1. The summed E-state index contributed by atoms with van der Waals surface area (Å²) in [5, 5.41) is 11.8. The van der Waals surface area contributed by atoms with Crippen molar-refractivity contribution in [3.63, 3.8) is 0 Å². The molecule has 0 saturated carbocycles. The second kappa shape index (κ2) is 7.90. The third-order valence-corrected chi connectivity index (χ3v) is 3.88. The Morgan fingerprint density at radius 3 is 2.81 bits per heavy atom. The van der Waals surface area contributed by atoms with Crippen LogP contribution in [0.2, 0.25) is 0 Å². The highest BCUT2D eigenvalue weighted by Crippen LogP contribution is 2.32. The van der Waals surface area contributed by atoms with Crippen LogP contribution in [-0.2, 0) is 16.5 Å². The number of aromatic amines is 1. The lowest BCUT2D eigenvalue weighted by Crippen LogP contribution is -2.33.